The van der Waals surface area contributed by atoms with Crippen LogP contribution in [0.1, 0.15) is 72.5 Å². The third kappa shape index (κ3) is 3.93. The first-order valence-electron chi connectivity index (χ1n) is 9.27. The van der Waals surface area contributed by atoms with E-state index in [-0.39, 0.29) is 12.1 Å². The average molecular weight is 372 g/mol. The van der Waals surface area contributed by atoms with Gasteiger partial charge in [0.25, 0.3) is 0 Å². The fraction of sp³-hybridized carbons (Fsp3) is 0.833. The molecule has 1 aromatic rings. The minimum Gasteiger partial charge on any atom is -0.358 e. The lowest BCUT2D eigenvalue weighted by Gasteiger charge is -2.35. The Hall–Kier alpha value is -0.920. The molecule has 1 aromatic heterocycles. The standard InChI is InChI=1S/C18H33N3O3S/c1-8-16-12-24-18(7,10-9-13(2)3)21(16)25(22,23)17-11-20(14(4)5)19-15(17)6/h11,13-14,16H,8-10,12H2,1-7H3. The van der Waals surface area contributed by atoms with E-state index < -0.39 is 15.7 Å². The third-order valence-corrected chi connectivity index (χ3v) is 7.14. The molecule has 0 saturated carbocycles. The number of ether oxygens (including phenoxy) is 1. The van der Waals surface area contributed by atoms with Crippen LogP contribution in [0.4, 0.5) is 0 Å². The molecule has 0 N–H and O–H groups in total. The van der Waals surface area contributed by atoms with E-state index in [0.717, 1.165) is 12.8 Å². The summed E-state index contributed by atoms with van der Waals surface area (Å²) in [6, 6.07) is -0.0178. The Morgan fingerprint density at radius 2 is 2.00 bits per heavy atom. The molecular formula is C18H33N3O3S. The Labute approximate surface area is 152 Å². The zero-order valence-corrected chi connectivity index (χ0v) is 17.4. The average Bonchev–Trinajstić information content (AvgIpc) is 3.07. The van der Waals surface area contributed by atoms with Crippen molar-refractivity contribution in [2.24, 2.45) is 5.92 Å². The van der Waals surface area contributed by atoms with Crippen molar-refractivity contribution in [3.63, 3.8) is 0 Å². The molecule has 1 fully saturated rings. The van der Waals surface area contributed by atoms with Crippen molar-refractivity contribution in [2.75, 3.05) is 6.61 Å². The second kappa shape index (κ2) is 7.37. The Balaban J connectivity index is 2.45. The topological polar surface area (TPSA) is 64.4 Å². The van der Waals surface area contributed by atoms with Gasteiger partial charge in [0.15, 0.2) is 0 Å². The largest absolute Gasteiger partial charge is 0.358 e. The summed E-state index contributed by atoms with van der Waals surface area (Å²) in [5, 5.41) is 4.39. The second-order valence-electron chi connectivity index (χ2n) is 7.93. The lowest BCUT2D eigenvalue weighted by molar-refractivity contribution is -0.0433. The summed E-state index contributed by atoms with van der Waals surface area (Å²) in [6.07, 6.45) is 4.00. The van der Waals surface area contributed by atoms with E-state index in [1.807, 2.05) is 27.7 Å². The molecule has 2 rings (SSSR count). The number of aromatic nitrogens is 2. The predicted octanol–water partition coefficient (Wildman–Crippen LogP) is 3.72. The van der Waals surface area contributed by atoms with Gasteiger partial charge >= 0.3 is 0 Å². The highest BCUT2D eigenvalue weighted by Gasteiger charge is 2.51. The first-order chi connectivity index (χ1) is 11.5. The van der Waals surface area contributed by atoms with Gasteiger partial charge in [0.05, 0.1) is 18.3 Å². The highest BCUT2D eigenvalue weighted by atomic mass is 32.2. The van der Waals surface area contributed by atoms with Crippen LogP contribution in [0.5, 0.6) is 0 Å². The van der Waals surface area contributed by atoms with Gasteiger partial charge in [-0.25, -0.2) is 8.42 Å². The maximum atomic E-state index is 13.5. The van der Waals surface area contributed by atoms with E-state index in [1.54, 1.807) is 22.1 Å². The van der Waals surface area contributed by atoms with Crippen LogP contribution in [-0.4, -0.2) is 40.9 Å². The number of hydrogen-bond acceptors (Lipinski definition) is 4. The Morgan fingerprint density at radius 3 is 2.48 bits per heavy atom. The fourth-order valence-corrected chi connectivity index (χ4v) is 5.48. The highest BCUT2D eigenvalue weighted by molar-refractivity contribution is 7.89. The summed E-state index contributed by atoms with van der Waals surface area (Å²) < 4.78 is 36.4. The smallest absolute Gasteiger partial charge is 0.249 e. The van der Waals surface area contributed by atoms with E-state index in [0.29, 0.717) is 29.5 Å². The molecule has 0 aromatic carbocycles. The molecule has 2 atom stereocenters. The van der Waals surface area contributed by atoms with Gasteiger partial charge in [-0.2, -0.15) is 9.40 Å². The molecule has 7 heteroatoms. The first kappa shape index (κ1) is 20.4. The second-order valence-corrected chi connectivity index (χ2v) is 9.72. The molecule has 1 aliphatic heterocycles. The van der Waals surface area contributed by atoms with Crippen LogP contribution in [0.3, 0.4) is 0 Å². The van der Waals surface area contributed by atoms with Crippen LogP contribution in [0.25, 0.3) is 0 Å². The van der Waals surface area contributed by atoms with Gasteiger partial charge in [-0.1, -0.05) is 20.8 Å². The van der Waals surface area contributed by atoms with Crippen molar-refractivity contribution in [1.29, 1.82) is 0 Å². The van der Waals surface area contributed by atoms with Crippen molar-refractivity contribution in [1.82, 2.24) is 14.1 Å². The van der Waals surface area contributed by atoms with Crippen LogP contribution < -0.4 is 0 Å². The summed E-state index contributed by atoms with van der Waals surface area (Å²) in [5.74, 6) is 0.496. The molecule has 0 spiro atoms. The molecule has 1 saturated heterocycles. The number of aryl methyl sites for hydroxylation is 1. The van der Waals surface area contributed by atoms with Gasteiger partial charge in [-0.3, -0.25) is 4.68 Å². The van der Waals surface area contributed by atoms with Crippen LogP contribution in [0.15, 0.2) is 11.1 Å². The third-order valence-electron chi connectivity index (χ3n) is 4.98. The van der Waals surface area contributed by atoms with E-state index in [1.165, 1.54) is 0 Å². The van der Waals surface area contributed by atoms with Crippen LogP contribution in [-0.2, 0) is 14.8 Å². The quantitative estimate of drug-likeness (QED) is 0.733. The van der Waals surface area contributed by atoms with Gasteiger partial charge in [0.1, 0.15) is 10.6 Å². The molecule has 2 unspecified atom stereocenters. The van der Waals surface area contributed by atoms with Crippen LogP contribution >= 0.6 is 0 Å². The van der Waals surface area contributed by atoms with Gasteiger partial charge in [-0.15, -0.1) is 0 Å². The molecule has 0 radical (unpaired) electrons. The van der Waals surface area contributed by atoms with E-state index in [4.69, 9.17) is 4.74 Å². The fourth-order valence-electron chi connectivity index (χ4n) is 3.35. The summed E-state index contributed by atoms with van der Waals surface area (Å²) in [7, 11) is -3.67. The van der Waals surface area contributed by atoms with Crippen molar-refractivity contribution in [3.05, 3.63) is 11.9 Å². The molecule has 144 valence electrons. The number of sulfonamides is 1. The number of nitrogens with zero attached hydrogens (tertiary/aromatic N) is 3. The lowest BCUT2D eigenvalue weighted by Crippen LogP contribution is -2.49. The SMILES string of the molecule is CCC1COC(C)(CCC(C)C)N1S(=O)(=O)c1cn(C(C)C)nc1C. The van der Waals surface area contributed by atoms with E-state index in [2.05, 4.69) is 18.9 Å². The van der Waals surface area contributed by atoms with Crippen molar-refractivity contribution < 1.29 is 13.2 Å². The van der Waals surface area contributed by atoms with Crippen molar-refractivity contribution in [3.8, 4) is 0 Å². The van der Waals surface area contributed by atoms with E-state index >= 15 is 0 Å². The summed E-state index contributed by atoms with van der Waals surface area (Å²) >= 11 is 0. The van der Waals surface area contributed by atoms with Gasteiger partial charge < -0.3 is 4.74 Å². The molecule has 6 nitrogen and oxygen atoms in total. The molecule has 0 bridgehead atoms. The van der Waals surface area contributed by atoms with E-state index in [9.17, 15) is 8.42 Å². The zero-order chi connectivity index (χ0) is 19.0. The molecule has 25 heavy (non-hydrogen) atoms. The first-order valence-corrected chi connectivity index (χ1v) is 10.7. The normalized spacial score (nSPS) is 25.4. The minimum atomic E-state index is -3.67. The molecule has 2 heterocycles. The monoisotopic (exact) mass is 371 g/mol. The lowest BCUT2D eigenvalue weighted by atomic mass is 10.0. The molecule has 1 aliphatic rings. The van der Waals surface area contributed by atoms with Gasteiger partial charge in [0.2, 0.25) is 10.0 Å². The Morgan fingerprint density at radius 1 is 1.36 bits per heavy atom. The summed E-state index contributed by atoms with van der Waals surface area (Å²) in [5.41, 5.74) is -0.252. The van der Waals surface area contributed by atoms with Crippen LogP contribution in [0.2, 0.25) is 0 Å². The van der Waals surface area contributed by atoms with Crippen molar-refractivity contribution >= 4 is 10.0 Å². The molecule has 0 aliphatic carbocycles. The van der Waals surface area contributed by atoms with Gasteiger partial charge in [-0.05, 0) is 52.9 Å². The maximum absolute atomic E-state index is 13.5. The number of rotatable bonds is 7. The van der Waals surface area contributed by atoms with Crippen molar-refractivity contribution in [2.45, 2.75) is 90.4 Å². The zero-order valence-electron chi connectivity index (χ0n) is 16.6. The maximum Gasteiger partial charge on any atom is 0.249 e. The Kier molecular flexibility index (Phi) is 6.01. The number of hydrogen-bond donors (Lipinski definition) is 0. The highest BCUT2D eigenvalue weighted by Crippen LogP contribution is 2.39. The molecular weight excluding hydrogens is 338 g/mol. The molecule has 0 amide bonds. The minimum absolute atomic E-state index is 0.117. The summed E-state index contributed by atoms with van der Waals surface area (Å²) in [6.45, 7) is 14.4. The van der Waals surface area contributed by atoms with Gasteiger partial charge in [0, 0.05) is 12.2 Å². The van der Waals surface area contributed by atoms with Crippen LogP contribution in [0, 0.1) is 12.8 Å². The summed E-state index contributed by atoms with van der Waals surface area (Å²) in [4.78, 5) is 0.293. The Bertz CT molecular complexity index is 696. The predicted molar refractivity (Wildman–Crippen MR) is 98.9 cm³/mol.